The van der Waals surface area contributed by atoms with E-state index in [0.29, 0.717) is 22.5 Å². The van der Waals surface area contributed by atoms with Gasteiger partial charge in [-0.1, -0.05) is 24.9 Å². The minimum atomic E-state index is 0.542. The van der Waals surface area contributed by atoms with Crippen LogP contribution < -0.4 is 5.73 Å². The first-order chi connectivity index (χ1) is 8.15. The van der Waals surface area contributed by atoms with Gasteiger partial charge in [0.25, 0.3) is 0 Å². The summed E-state index contributed by atoms with van der Waals surface area (Å²) in [4.78, 5) is 8.02. The average Bonchev–Trinajstić information content (AvgIpc) is 2.83. The number of rotatable bonds is 1. The topological polar surface area (TPSA) is 54.7 Å². The van der Waals surface area contributed by atoms with Crippen molar-refractivity contribution in [3.63, 3.8) is 0 Å². The second-order valence-corrected chi connectivity index (χ2v) is 5.46. The minimum Gasteiger partial charge on any atom is -0.397 e. The molecule has 3 rings (SSSR count). The number of benzene rings is 1. The number of hydrogen-bond acceptors (Lipinski definition) is 2. The highest BCUT2D eigenvalue weighted by atomic mass is 35.5. The van der Waals surface area contributed by atoms with E-state index >= 15 is 0 Å². The molecule has 3 nitrogen and oxygen atoms in total. The average molecular weight is 250 g/mol. The summed E-state index contributed by atoms with van der Waals surface area (Å²) in [7, 11) is 0. The molecule has 2 aromatic rings. The van der Waals surface area contributed by atoms with Gasteiger partial charge < -0.3 is 10.7 Å². The summed E-state index contributed by atoms with van der Waals surface area (Å²) in [6, 6.07) is 3.65. The lowest BCUT2D eigenvalue weighted by atomic mass is 9.98. The van der Waals surface area contributed by atoms with Crippen molar-refractivity contribution in [1.29, 1.82) is 0 Å². The van der Waals surface area contributed by atoms with Gasteiger partial charge in [-0.3, -0.25) is 0 Å². The van der Waals surface area contributed by atoms with E-state index in [9.17, 15) is 0 Å². The molecule has 1 heterocycles. The Morgan fingerprint density at radius 3 is 2.94 bits per heavy atom. The number of aromatic nitrogens is 2. The Bertz CT molecular complexity index is 561. The first kappa shape index (κ1) is 10.9. The van der Waals surface area contributed by atoms with Crippen molar-refractivity contribution in [3.8, 4) is 0 Å². The van der Waals surface area contributed by atoms with Gasteiger partial charge >= 0.3 is 0 Å². The molecular formula is C13H16ClN3. The molecule has 3 N–H and O–H groups in total. The Labute approximate surface area is 105 Å². The lowest BCUT2D eigenvalue weighted by molar-refractivity contribution is 0.514. The Balaban J connectivity index is 2.10. The summed E-state index contributed by atoms with van der Waals surface area (Å²) in [6.07, 6.45) is 3.80. The molecule has 90 valence electrons. The Kier molecular flexibility index (Phi) is 2.51. The first-order valence-corrected chi connectivity index (χ1v) is 6.47. The SMILES string of the molecule is CC1CCCC1c1nc2c(N)cc(Cl)cc2[nH]1. The highest BCUT2D eigenvalue weighted by molar-refractivity contribution is 6.31. The highest BCUT2D eigenvalue weighted by Gasteiger charge is 2.27. The fraction of sp³-hybridized carbons (Fsp3) is 0.462. The number of anilines is 1. The molecule has 17 heavy (non-hydrogen) atoms. The van der Waals surface area contributed by atoms with Crippen LogP contribution in [0.2, 0.25) is 5.02 Å². The molecule has 2 unspecified atom stereocenters. The molecule has 1 fully saturated rings. The van der Waals surface area contributed by atoms with Gasteiger partial charge in [-0.15, -0.1) is 0 Å². The zero-order valence-corrected chi connectivity index (χ0v) is 10.6. The van der Waals surface area contributed by atoms with Crippen LogP contribution in [0.4, 0.5) is 5.69 Å². The summed E-state index contributed by atoms with van der Waals surface area (Å²) in [6.45, 7) is 2.29. The fourth-order valence-electron chi connectivity index (χ4n) is 2.85. The Hall–Kier alpha value is -1.22. The van der Waals surface area contributed by atoms with Crippen LogP contribution in [-0.4, -0.2) is 9.97 Å². The molecule has 2 atom stereocenters. The number of halogens is 1. The van der Waals surface area contributed by atoms with E-state index < -0.39 is 0 Å². The summed E-state index contributed by atoms with van der Waals surface area (Å²) in [5.74, 6) is 2.31. The number of H-pyrrole nitrogens is 1. The van der Waals surface area contributed by atoms with Crippen LogP contribution >= 0.6 is 11.6 Å². The monoisotopic (exact) mass is 249 g/mol. The predicted molar refractivity (Wildman–Crippen MR) is 71.3 cm³/mol. The summed E-state index contributed by atoms with van der Waals surface area (Å²) in [5, 5.41) is 0.657. The zero-order chi connectivity index (χ0) is 12.0. The number of nitrogens with zero attached hydrogens (tertiary/aromatic N) is 1. The molecule has 0 aliphatic heterocycles. The number of nitrogens with two attached hydrogens (primary N) is 1. The molecule has 0 spiro atoms. The second kappa shape index (κ2) is 3.91. The molecule has 1 aliphatic rings. The van der Waals surface area contributed by atoms with Crippen LogP contribution in [0, 0.1) is 5.92 Å². The quantitative estimate of drug-likeness (QED) is 0.757. The van der Waals surface area contributed by atoms with Crippen molar-refractivity contribution in [1.82, 2.24) is 9.97 Å². The summed E-state index contributed by atoms with van der Waals surface area (Å²) in [5.41, 5.74) is 8.39. The van der Waals surface area contributed by atoms with Crippen LogP contribution in [0.15, 0.2) is 12.1 Å². The molecule has 0 bridgehead atoms. The van der Waals surface area contributed by atoms with Crippen LogP contribution in [0.5, 0.6) is 0 Å². The van der Waals surface area contributed by atoms with Crippen molar-refractivity contribution in [2.24, 2.45) is 5.92 Å². The largest absolute Gasteiger partial charge is 0.397 e. The molecule has 1 aromatic carbocycles. The van der Waals surface area contributed by atoms with Gasteiger partial charge in [0, 0.05) is 10.9 Å². The van der Waals surface area contributed by atoms with Gasteiger partial charge in [-0.05, 0) is 30.9 Å². The Morgan fingerprint density at radius 2 is 2.24 bits per heavy atom. The van der Waals surface area contributed by atoms with E-state index in [0.717, 1.165) is 16.9 Å². The van der Waals surface area contributed by atoms with E-state index in [-0.39, 0.29) is 0 Å². The van der Waals surface area contributed by atoms with Crippen molar-refractivity contribution < 1.29 is 0 Å². The number of aromatic amines is 1. The maximum Gasteiger partial charge on any atom is 0.112 e. The zero-order valence-electron chi connectivity index (χ0n) is 9.83. The van der Waals surface area contributed by atoms with E-state index in [2.05, 4.69) is 16.9 Å². The maximum absolute atomic E-state index is 5.99. The third-order valence-corrected chi connectivity index (χ3v) is 4.03. The maximum atomic E-state index is 5.99. The van der Waals surface area contributed by atoms with Crippen LogP contribution in [0.25, 0.3) is 11.0 Å². The molecular weight excluding hydrogens is 234 g/mol. The molecule has 4 heteroatoms. The van der Waals surface area contributed by atoms with E-state index in [1.807, 2.05) is 6.07 Å². The highest BCUT2D eigenvalue weighted by Crippen LogP contribution is 2.39. The minimum absolute atomic E-state index is 0.542. The molecule has 1 aromatic heterocycles. The van der Waals surface area contributed by atoms with E-state index in [1.54, 1.807) is 6.07 Å². The van der Waals surface area contributed by atoms with Gasteiger partial charge in [0.05, 0.1) is 11.2 Å². The first-order valence-electron chi connectivity index (χ1n) is 6.10. The van der Waals surface area contributed by atoms with Crippen LogP contribution in [0.1, 0.15) is 37.9 Å². The standard InChI is InChI=1S/C13H16ClN3/c1-7-3-2-4-9(7)13-16-11-6-8(14)5-10(15)12(11)17-13/h5-7,9H,2-4,15H2,1H3,(H,16,17). The number of hydrogen-bond donors (Lipinski definition) is 2. The lowest BCUT2D eigenvalue weighted by Gasteiger charge is -2.11. The van der Waals surface area contributed by atoms with Crippen molar-refractivity contribution in [3.05, 3.63) is 23.0 Å². The third-order valence-electron chi connectivity index (χ3n) is 3.81. The summed E-state index contributed by atoms with van der Waals surface area (Å²) < 4.78 is 0. The van der Waals surface area contributed by atoms with Crippen molar-refractivity contribution in [2.75, 3.05) is 5.73 Å². The molecule has 1 saturated carbocycles. The van der Waals surface area contributed by atoms with Gasteiger partial charge in [0.2, 0.25) is 0 Å². The van der Waals surface area contributed by atoms with Gasteiger partial charge in [-0.25, -0.2) is 4.98 Å². The molecule has 1 aliphatic carbocycles. The molecule has 0 saturated heterocycles. The second-order valence-electron chi connectivity index (χ2n) is 5.03. The molecule has 0 amide bonds. The summed E-state index contributed by atoms with van der Waals surface area (Å²) >= 11 is 5.99. The van der Waals surface area contributed by atoms with Gasteiger partial charge in [0.1, 0.15) is 11.3 Å². The number of fused-ring (bicyclic) bond motifs is 1. The van der Waals surface area contributed by atoms with Gasteiger partial charge in [-0.2, -0.15) is 0 Å². The number of imidazole rings is 1. The fourth-order valence-corrected chi connectivity index (χ4v) is 3.08. The lowest BCUT2D eigenvalue weighted by Crippen LogP contribution is -2.03. The normalized spacial score (nSPS) is 24.6. The van der Waals surface area contributed by atoms with Crippen LogP contribution in [0.3, 0.4) is 0 Å². The van der Waals surface area contributed by atoms with E-state index in [4.69, 9.17) is 17.3 Å². The third kappa shape index (κ3) is 1.78. The van der Waals surface area contributed by atoms with Crippen molar-refractivity contribution >= 4 is 28.3 Å². The Morgan fingerprint density at radius 1 is 1.41 bits per heavy atom. The van der Waals surface area contributed by atoms with Gasteiger partial charge in [0.15, 0.2) is 0 Å². The van der Waals surface area contributed by atoms with Crippen molar-refractivity contribution in [2.45, 2.75) is 32.1 Å². The molecule has 0 radical (unpaired) electrons. The number of nitrogens with one attached hydrogen (secondary N) is 1. The number of nitrogen functional groups attached to an aromatic ring is 1. The predicted octanol–water partition coefficient (Wildman–Crippen LogP) is 3.70. The van der Waals surface area contributed by atoms with Crippen LogP contribution in [-0.2, 0) is 0 Å². The smallest absolute Gasteiger partial charge is 0.112 e. The van der Waals surface area contributed by atoms with E-state index in [1.165, 1.54) is 19.3 Å².